The molecule has 3 N–H and O–H groups in total. The molecular weight excluding hydrogens is 220 g/mol. The van der Waals surface area contributed by atoms with Gasteiger partial charge in [0.1, 0.15) is 0 Å². The first kappa shape index (κ1) is 11.6. The third-order valence-corrected chi connectivity index (χ3v) is 2.88. The van der Waals surface area contributed by atoms with Gasteiger partial charge in [0.2, 0.25) is 5.91 Å². The van der Waals surface area contributed by atoms with E-state index in [0.29, 0.717) is 25.9 Å². The molecule has 0 bridgehead atoms. The van der Waals surface area contributed by atoms with E-state index in [1.165, 1.54) is 6.07 Å². The number of hydrogen-bond acceptors (Lipinski definition) is 3. The van der Waals surface area contributed by atoms with Gasteiger partial charge in [0, 0.05) is 25.2 Å². The van der Waals surface area contributed by atoms with Gasteiger partial charge in [0.05, 0.1) is 5.56 Å². The summed E-state index contributed by atoms with van der Waals surface area (Å²) in [5, 5.41) is 8.88. The molecule has 5 nitrogen and oxygen atoms in total. The fraction of sp³-hybridized carbons (Fsp3) is 0.333. The molecule has 1 aliphatic heterocycles. The number of amides is 1. The van der Waals surface area contributed by atoms with Crippen molar-refractivity contribution in [2.75, 3.05) is 18.0 Å². The van der Waals surface area contributed by atoms with Gasteiger partial charge in [-0.25, -0.2) is 4.79 Å². The minimum atomic E-state index is -0.945. The van der Waals surface area contributed by atoms with Crippen LogP contribution in [0.1, 0.15) is 22.3 Å². The van der Waals surface area contributed by atoms with Crippen molar-refractivity contribution in [3.63, 3.8) is 0 Å². The average Bonchev–Trinajstić information content (AvgIpc) is 2.71. The van der Waals surface area contributed by atoms with Crippen molar-refractivity contribution in [1.82, 2.24) is 0 Å². The van der Waals surface area contributed by atoms with Crippen LogP contribution in [0.2, 0.25) is 0 Å². The Hall–Kier alpha value is -1.88. The molecule has 2 rings (SSSR count). The third-order valence-electron chi connectivity index (χ3n) is 2.88. The molecule has 0 aromatic heterocycles. The van der Waals surface area contributed by atoms with Crippen LogP contribution in [0, 0.1) is 0 Å². The van der Waals surface area contributed by atoms with Crippen LogP contribution in [0.15, 0.2) is 18.2 Å². The lowest BCUT2D eigenvalue weighted by atomic mass is 10.1. The van der Waals surface area contributed by atoms with E-state index < -0.39 is 5.97 Å². The number of nitrogens with zero attached hydrogens (tertiary/aromatic N) is 1. The maximum absolute atomic E-state index is 11.8. The van der Waals surface area contributed by atoms with Crippen molar-refractivity contribution in [2.24, 2.45) is 5.73 Å². The summed E-state index contributed by atoms with van der Waals surface area (Å²) in [6.07, 6.45) is 1.02. The lowest BCUT2D eigenvalue weighted by Gasteiger charge is -2.16. The van der Waals surface area contributed by atoms with Gasteiger partial charge >= 0.3 is 5.97 Å². The van der Waals surface area contributed by atoms with Gasteiger partial charge in [-0.2, -0.15) is 0 Å². The van der Waals surface area contributed by atoms with Crippen LogP contribution >= 0.6 is 0 Å². The molecule has 1 aromatic rings. The van der Waals surface area contributed by atoms with E-state index in [1.807, 2.05) is 0 Å². The van der Waals surface area contributed by atoms with Gasteiger partial charge in [-0.3, -0.25) is 4.79 Å². The lowest BCUT2D eigenvalue weighted by molar-refractivity contribution is -0.118. The summed E-state index contributed by atoms with van der Waals surface area (Å²) in [5.41, 5.74) is 7.34. The van der Waals surface area contributed by atoms with Crippen LogP contribution in [0.25, 0.3) is 0 Å². The minimum Gasteiger partial charge on any atom is -0.478 e. The maximum Gasteiger partial charge on any atom is 0.335 e. The zero-order chi connectivity index (χ0) is 12.4. The second-order valence-corrected chi connectivity index (χ2v) is 3.98. The van der Waals surface area contributed by atoms with Crippen molar-refractivity contribution >= 4 is 17.6 Å². The lowest BCUT2D eigenvalue weighted by Crippen LogP contribution is -2.30. The summed E-state index contributed by atoms with van der Waals surface area (Å²) in [4.78, 5) is 24.3. The number of carboxylic acid groups (broad SMARTS) is 1. The predicted molar refractivity (Wildman–Crippen MR) is 63.1 cm³/mol. The Labute approximate surface area is 98.8 Å². The zero-order valence-electron chi connectivity index (χ0n) is 9.35. The van der Waals surface area contributed by atoms with Gasteiger partial charge in [-0.15, -0.1) is 0 Å². The van der Waals surface area contributed by atoms with E-state index in [9.17, 15) is 9.59 Å². The van der Waals surface area contributed by atoms with E-state index in [0.717, 1.165) is 11.3 Å². The third kappa shape index (κ3) is 2.14. The van der Waals surface area contributed by atoms with Crippen molar-refractivity contribution < 1.29 is 14.7 Å². The monoisotopic (exact) mass is 234 g/mol. The molecule has 90 valence electrons. The fourth-order valence-electron chi connectivity index (χ4n) is 2.05. The Bertz CT molecular complexity index is 471. The van der Waals surface area contributed by atoms with Crippen molar-refractivity contribution in [2.45, 2.75) is 12.8 Å². The largest absolute Gasteiger partial charge is 0.478 e. The normalized spacial score (nSPS) is 13.6. The summed E-state index contributed by atoms with van der Waals surface area (Å²) >= 11 is 0. The molecular formula is C12H14N2O3. The van der Waals surface area contributed by atoms with Crippen LogP contribution in [0.3, 0.4) is 0 Å². The standard InChI is InChI=1S/C12H14N2O3/c13-5-3-11(15)14-6-4-8-7-9(12(16)17)1-2-10(8)14/h1-2,7H,3-6,13H2,(H,16,17). The number of fused-ring (bicyclic) bond motifs is 1. The molecule has 17 heavy (non-hydrogen) atoms. The van der Waals surface area contributed by atoms with Crippen LogP contribution in [-0.2, 0) is 11.2 Å². The molecule has 1 heterocycles. The molecule has 0 atom stereocenters. The highest BCUT2D eigenvalue weighted by molar-refractivity contribution is 5.97. The Morgan fingerprint density at radius 1 is 1.41 bits per heavy atom. The summed E-state index contributed by atoms with van der Waals surface area (Å²) in [6, 6.07) is 4.85. The van der Waals surface area contributed by atoms with Crippen LogP contribution < -0.4 is 10.6 Å². The SMILES string of the molecule is NCCC(=O)N1CCc2cc(C(=O)O)ccc21. The highest BCUT2D eigenvalue weighted by Crippen LogP contribution is 2.29. The first-order valence-electron chi connectivity index (χ1n) is 5.50. The zero-order valence-corrected chi connectivity index (χ0v) is 9.35. The number of carbonyl (C=O) groups excluding carboxylic acids is 1. The Kier molecular flexibility index (Phi) is 3.10. The number of carbonyl (C=O) groups is 2. The quantitative estimate of drug-likeness (QED) is 0.803. The molecule has 1 aliphatic rings. The van der Waals surface area contributed by atoms with E-state index in [-0.39, 0.29) is 11.5 Å². The molecule has 1 aromatic carbocycles. The first-order valence-corrected chi connectivity index (χ1v) is 5.50. The molecule has 0 aliphatic carbocycles. The van der Waals surface area contributed by atoms with Gasteiger partial charge in [-0.05, 0) is 30.2 Å². The van der Waals surface area contributed by atoms with E-state index >= 15 is 0 Å². The second kappa shape index (κ2) is 4.55. The number of nitrogens with two attached hydrogens (primary N) is 1. The fourth-order valence-corrected chi connectivity index (χ4v) is 2.05. The predicted octanol–water partition coefficient (Wildman–Crippen LogP) is 0.623. The van der Waals surface area contributed by atoms with Crippen LogP contribution in [0.5, 0.6) is 0 Å². The van der Waals surface area contributed by atoms with Crippen LogP contribution in [0.4, 0.5) is 5.69 Å². The van der Waals surface area contributed by atoms with Gasteiger partial charge in [-0.1, -0.05) is 0 Å². The Morgan fingerprint density at radius 2 is 2.18 bits per heavy atom. The van der Waals surface area contributed by atoms with Crippen molar-refractivity contribution in [3.8, 4) is 0 Å². The molecule has 0 spiro atoms. The van der Waals surface area contributed by atoms with Crippen molar-refractivity contribution in [1.29, 1.82) is 0 Å². The molecule has 0 fully saturated rings. The van der Waals surface area contributed by atoms with Crippen molar-refractivity contribution in [3.05, 3.63) is 29.3 Å². The van der Waals surface area contributed by atoms with Gasteiger partial charge in [0.25, 0.3) is 0 Å². The average molecular weight is 234 g/mol. The summed E-state index contributed by atoms with van der Waals surface area (Å²) < 4.78 is 0. The van der Waals surface area contributed by atoms with Gasteiger partial charge in [0.15, 0.2) is 0 Å². The van der Waals surface area contributed by atoms with Crippen LogP contribution in [-0.4, -0.2) is 30.1 Å². The smallest absolute Gasteiger partial charge is 0.335 e. The molecule has 0 unspecified atom stereocenters. The summed E-state index contributed by atoms with van der Waals surface area (Å²) in [7, 11) is 0. The number of carboxylic acids is 1. The number of aromatic carboxylic acids is 1. The molecule has 1 amide bonds. The number of hydrogen-bond donors (Lipinski definition) is 2. The van der Waals surface area contributed by atoms with Gasteiger partial charge < -0.3 is 15.7 Å². The molecule has 5 heteroatoms. The Morgan fingerprint density at radius 3 is 2.82 bits per heavy atom. The minimum absolute atomic E-state index is 0.00525. The number of benzene rings is 1. The summed E-state index contributed by atoms with van der Waals surface area (Å²) in [6.45, 7) is 0.940. The number of anilines is 1. The molecule has 0 saturated heterocycles. The van der Waals surface area contributed by atoms with E-state index in [1.54, 1.807) is 17.0 Å². The Balaban J connectivity index is 2.27. The number of rotatable bonds is 3. The summed E-state index contributed by atoms with van der Waals surface area (Å²) in [5.74, 6) is -0.950. The maximum atomic E-state index is 11.8. The first-order chi connectivity index (χ1) is 8.13. The van der Waals surface area contributed by atoms with E-state index in [2.05, 4.69) is 0 Å². The highest BCUT2D eigenvalue weighted by atomic mass is 16.4. The van der Waals surface area contributed by atoms with E-state index in [4.69, 9.17) is 10.8 Å². The topological polar surface area (TPSA) is 83.6 Å². The molecule has 0 saturated carbocycles. The highest BCUT2D eigenvalue weighted by Gasteiger charge is 2.24. The second-order valence-electron chi connectivity index (χ2n) is 3.98. The molecule has 0 radical (unpaired) electrons.